The van der Waals surface area contributed by atoms with E-state index in [1.54, 1.807) is 193 Å². The first-order chi connectivity index (χ1) is 56.7. The van der Waals surface area contributed by atoms with Crippen LogP contribution in [0.15, 0.2) is 195 Å². The molecule has 4 nitrogen and oxygen atoms in total. The molecule has 630 valence electrons. The number of benzene rings is 5. The van der Waals surface area contributed by atoms with Gasteiger partial charge in [-0.05, 0) is 329 Å². The predicted molar refractivity (Wildman–Crippen MR) is 505 cm³/mol. The summed E-state index contributed by atoms with van der Waals surface area (Å²) in [5, 5.41) is 13.3. The van der Waals surface area contributed by atoms with Crippen molar-refractivity contribution in [2.45, 2.75) is 322 Å². The molecule has 11 heteroatoms. The van der Waals surface area contributed by atoms with Crippen molar-refractivity contribution in [2.24, 2.45) is 71.0 Å². The van der Waals surface area contributed by atoms with E-state index in [1.807, 2.05) is 65.3 Å². The summed E-state index contributed by atoms with van der Waals surface area (Å²) >= 11 is -1.61. The monoisotopic (exact) mass is 1760 g/mol. The van der Waals surface area contributed by atoms with Crippen LogP contribution in [-0.2, 0) is 27.2 Å². The van der Waals surface area contributed by atoms with Crippen molar-refractivity contribution in [2.75, 3.05) is 0 Å². The fraction of sp³-hybridized carbons (Fsp3) is 0.600. The normalized spacial score (nSPS) is 31.2. The Kier molecular flexibility index (Phi) is 34.0. The van der Waals surface area contributed by atoms with Crippen molar-refractivity contribution in [3.05, 3.63) is 223 Å². The summed E-state index contributed by atoms with van der Waals surface area (Å²) < 4.78 is 15.2. The number of allylic oxidation sites excluding steroid dienone is 8. The minimum atomic E-state index is -1.79. The second-order valence-corrected chi connectivity index (χ2v) is 59.6. The first-order valence-electron chi connectivity index (χ1n) is 47.4. The number of fused-ring (bicyclic) bond motifs is 8. The Labute approximate surface area is 721 Å². The van der Waals surface area contributed by atoms with Crippen molar-refractivity contribution in [3.63, 3.8) is 0 Å². The second kappa shape index (κ2) is 44.4. The van der Waals surface area contributed by atoms with E-state index in [9.17, 15) is 9.90 Å². The predicted octanol–water partition coefficient (Wildman–Crippen LogP) is 28.6. The molecule has 5 aromatic carbocycles. The molecule has 0 amide bonds. The first kappa shape index (κ1) is 89.0. The van der Waals surface area contributed by atoms with E-state index in [1.165, 1.54) is 99.5 Å². The zero-order valence-corrected chi connectivity index (χ0v) is 78.9. The summed E-state index contributed by atoms with van der Waals surface area (Å²) in [5.74, 6) is 7.51. The van der Waals surface area contributed by atoms with Crippen LogP contribution in [0.2, 0.25) is 26.2 Å². The van der Waals surface area contributed by atoms with Crippen molar-refractivity contribution >= 4 is 79.2 Å². The molecule has 0 aromatic heterocycles. The summed E-state index contributed by atoms with van der Waals surface area (Å²) in [7, 11) is 7.80. The maximum absolute atomic E-state index is 10.4. The van der Waals surface area contributed by atoms with Gasteiger partial charge in [-0.2, -0.15) is 0 Å². The molecule has 2 aliphatic heterocycles. The van der Waals surface area contributed by atoms with Crippen LogP contribution < -0.4 is 10.4 Å². The van der Waals surface area contributed by atoms with Gasteiger partial charge in [0.15, 0.2) is 0 Å². The van der Waals surface area contributed by atoms with Crippen LogP contribution in [0.5, 0.6) is 0 Å². The van der Waals surface area contributed by atoms with Crippen LogP contribution in [0.25, 0.3) is 6.08 Å². The Bertz CT molecular complexity index is 3820. The number of aliphatic hydroxyl groups excluding tert-OH is 1. The van der Waals surface area contributed by atoms with Gasteiger partial charge in [0.05, 0.1) is 52.3 Å². The van der Waals surface area contributed by atoms with E-state index >= 15 is 0 Å². The summed E-state index contributed by atoms with van der Waals surface area (Å²) in [6, 6.07) is 48.4. The molecule has 15 unspecified atom stereocenters. The van der Waals surface area contributed by atoms with E-state index in [-0.39, 0.29) is 28.1 Å². The van der Waals surface area contributed by atoms with Crippen molar-refractivity contribution in [1.29, 1.82) is 0 Å². The zero-order chi connectivity index (χ0) is 80.2. The average Bonchev–Trinajstić information content (AvgIpc) is 1.60. The molecule has 15 atom stereocenters. The van der Waals surface area contributed by atoms with Gasteiger partial charge in [0.1, 0.15) is 6.29 Å². The molecule has 0 radical (unpaired) electrons. The van der Waals surface area contributed by atoms with Gasteiger partial charge in [-0.25, -0.2) is 0 Å². The van der Waals surface area contributed by atoms with Gasteiger partial charge in [-0.3, -0.25) is 0 Å². The van der Waals surface area contributed by atoms with Gasteiger partial charge >= 0.3 is 73.4 Å². The van der Waals surface area contributed by atoms with E-state index in [0.29, 0.717) is 47.5 Å². The molecule has 13 aliphatic carbocycles. The van der Waals surface area contributed by atoms with E-state index < -0.39 is 30.2 Å². The van der Waals surface area contributed by atoms with E-state index in [2.05, 4.69) is 166 Å². The number of aliphatic hydroxyl groups is 1. The molecule has 5 aromatic rings. The van der Waals surface area contributed by atoms with E-state index in [0.717, 1.165) is 59.8 Å². The molecule has 116 heavy (non-hydrogen) atoms. The van der Waals surface area contributed by atoms with Crippen LogP contribution in [0.4, 0.5) is 0 Å². The topological polar surface area (TPSA) is 55.8 Å². The molecule has 20 rings (SSSR count). The van der Waals surface area contributed by atoms with Crippen molar-refractivity contribution in [1.82, 2.24) is 0 Å². The number of hydrogen-bond acceptors (Lipinski definition) is 4. The van der Waals surface area contributed by atoms with Gasteiger partial charge in [0, 0.05) is 21.8 Å². The number of halogens is 2. The Morgan fingerprint density at radius 3 is 1.16 bits per heavy atom. The Balaban J connectivity index is 0.000000114. The summed E-state index contributed by atoms with van der Waals surface area (Å²) in [5.41, 5.74) is 13.8. The van der Waals surface area contributed by atoms with Gasteiger partial charge in [-0.15, -0.1) is 6.58 Å². The van der Waals surface area contributed by atoms with Crippen molar-refractivity contribution < 1.29 is 32.3 Å². The minimum absolute atomic E-state index is 0.0465. The van der Waals surface area contributed by atoms with Crippen LogP contribution >= 0.6 is 35.2 Å². The molecular formula is C105H148Cl2O4P2RuSi2+2. The molecule has 15 aliphatic rings. The van der Waals surface area contributed by atoms with Crippen molar-refractivity contribution in [3.8, 4) is 0 Å². The van der Waals surface area contributed by atoms with Crippen LogP contribution in [0, 0.1) is 71.0 Å². The second-order valence-electron chi connectivity index (χ2n) is 39.4. The molecule has 0 spiro atoms. The van der Waals surface area contributed by atoms with Gasteiger partial charge in [-0.1, -0.05) is 202 Å². The standard InChI is InChI=1S/C24H28OSi.2C18H33P.C16H20OSi.C14H16O.C8H10O.C7H6.2ClH.Ru/c1-4-18-16-20(15-14-19-10-6-5-7-11-19)22(17-18)24-21-12-8-9-13-23(21)26(2,3)25-24;2*1-4-10-16(11-5-1)19(17-12-6-2-7-13-17)18-14-8-3-9-15-18;1-18(2)15-6-4-3-5-13(15)16(17-18)14-10-11-7-8-12(14)9-11;15-14(11-4-2-1-3-5-11)13-9-10-6-7-12(13)8-10;9-5-8-4-6-1-2-7(8)3-6;1-7-5-3-2-4-6-7;;;/h4-15,18,20,22,24H,1,16-17H2,2-3H3;2*16-18H,1-15H2;3-8,11-12,14,16H,9-10H2,1-2H3;1-7,10,12-15H,8-9H2;1-2,5-8H,3-4H2;1-6H;2*1H;/q;;;;;;;;;+2/b15-14+;;;;;;;;;. The van der Waals surface area contributed by atoms with Crippen LogP contribution in [-0.4, -0.2) is 66.6 Å². The van der Waals surface area contributed by atoms with Crippen LogP contribution in [0.1, 0.15) is 290 Å². The van der Waals surface area contributed by atoms with Gasteiger partial charge < -0.3 is 18.8 Å². The third-order valence-corrected chi connectivity index (χ3v) is 47.2. The Morgan fingerprint density at radius 2 is 0.793 bits per heavy atom. The Hall–Kier alpha value is -3.28. The number of rotatable bonds is 15. The van der Waals surface area contributed by atoms with Crippen LogP contribution in [0.3, 0.4) is 0 Å². The van der Waals surface area contributed by atoms with E-state index in [4.69, 9.17) is 28.2 Å². The fourth-order valence-electron chi connectivity index (χ4n) is 25.3. The third-order valence-electron chi connectivity index (χ3n) is 31.0. The quantitative estimate of drug-likeness (QED) is 0.0491. The first-order valence-corrected chi connectivity index (χ1v) is 62.2. The molecular weight excluding hydrogens is 1620 g/mol. The summed E-state index contributed by atoms with van der Waals surface area (Å²) in [6.07, 6.45) is 79.7. The Morgan fingerprint density at radius 1 is 0.414 bits per heavy atom. The number of hydrogen-bond donors (Lipinski definition) is 1. The zero-order valence-electron chi connectivity index (χ0n) is 71.6. The average molecular weight is 1760 g/mol. The molecule has 2 heterocycles. The summed E-state index contributed by atoms with van der Waals surface area (Å²) in [6.45, 7) is 13.4. The fourth-order valence-corrected chi connectivity index (χ4v) is 42.5. The number of carbonyl (C=O) groups excluding carboxylic acids is 1. The van der Waals surface area contributed by atoms with Gasteiger partial charge in [0.2, 0.25) is 16.6 Å². The molecule has 10 saturated carbocycles. The number of carbonyl (C=O) groups is 1. The molecule has 10 fully saturated rings. The maximum atomic E-state index is 10.4. The third kappa shape index (κ3) is 23.8. The molecule has 1 N–H and O–H groups in total. The van der Waals surface area contributed by atoms with Gasteiger partial charge in [0.25, 0.3) is 0 Å². The number of aldehydes is 1. The summed E-state index contributed by atoms with van der Waals surface area (Å²) in [4.78, 5) is 10.4. The molecule has 0 saturated heterocycles. The SMILES string of the molecule is C1CCC([PH+](C2CCCCC2)C2CCCCC2)CC1.C1CCC([PH+](C2CCCCC2)C2CCCCC2)CC1.C=CC1CC(/C=C/c2ccccc2)C(C2O[Si](C)(C)c3ccccc32)C1.C[Si]1(C)OC(C2CC3C=CC2C3)c2ccccc21.O=CC1CC2C=CC1C2.OC(c1ccccc1)C1CC2C=CC1C2.[Cl][Ru]([Cl])=[CH]c1ccccc1. The molecule has 6 bridgehead atoms.